The molecule has 34 heavy (non-hydrogen) atoms. The van der Waals surface area contributed by atoms with Crippen LogP contribution in [0.5, 0.6) is 0 Å². The Kier molecular flexibility index (Phi) is 4.79. The minimum atomic E-state index is -0.384. The number of halogens is 1. The molecule has 1 saturated carbocycles. The smallest absolute Gasteiger partial charge is 0.253 e. The summed E-state index contributed by atoms with van der Waals surface area (Å²) < 4.78 is 13.8. The van der Waals surface area contributed by atoms with Crippen LogP contribution in [0.2, 0.25) is 0 Å². The highest BCUT2D eigenvalue weighted by molar-refractivity contribution is 6.06. The number of fused-ring (bicyclic) bond motifs is 2. The maximum Gasteiger partial charge on any atom is 0.253 e. The molecule has 1 aliphatic carbocycles. The molecule has 1 spiro atoms. The number of nitrogens with one attached hydrogen (secondary N) is 2. The molecule has 2 aromatic carbocycles. The van der Waals surface area contributed by atoms with Gasteiger partial charge in [-0.2, -0.15) is 15.4 Å². The summed E-state index contributed by atoms with van der Waals surface area (Å²) in [7, 11) is 0. The van der Waals surface area contributed by atoms with E-state index in [4.69, 9.17) is 0 Å². The normalized spacial score (nSPS) is 22.1. The Hall–Kier alpha value is -3.88. The third-order valence-corrected chi connectivity index (χ3v) is 7.17. The van der Waals surface area contributed by atoms with E-state index in [9.17, 15) is 14.0 Å². The molecule has 6 rings (SSSR count). The first-order valence-electron chi connectivity index (χ1n) is 11.4. The van der Waals surface area contributed by atoms with Crippen LogP contribution in [-0.4, -0.2) is 56.2 Å². The average molecular weight is 458 g/mol. The van der Waals surface area contributed by atoms with E-state index in [0.717, 1.165) is 43.1 Å². The Bertz CT molecular complexity index is 1430. The van der Waals surface area contributed by atoms with Crippen LogP contribution in [0.4, 0.5) is 4.39 Å². The highest BCUT2D eigenvalue weighted by Crippen LogP contribution is 2.48. The van der Waals surface area contributed by atoms with Crippen LogP contribution < -0.4 is 5.32 Å². The first kappa shape index (κ1) is 20.7. The second-order valence-electron chi connectivity index (χ2n) is 9.49. The minimum Gasteiger partial charge on any atom is -0.349 e. The molecule has 0 radical (unpaired) electrons. The molecule has 0 atom stereocenters. The van der Waals surface area contributed by atoms with E-state index in [1.54, 1.807) is 30.5 Å². The monoisotopic (exact) mass is 458 g/mol. The van der Waals surface area contributed by atoms with Crippen molar-refractivity contribution in [3.63, 3.8) is 0 Å². The third kappa shape index (κ3) is 3.57. The number of benzene rings is 2. The molecule has 9 heteroatoms. The van der Waals surface area contributed by atoms with Crippen molar-refractivity contribution in [2.24, 2.45) is 5.41 Å². The van der Waals surface area contributed by atoms with Crippen molar-refractivity contribution < 1.29 is 14.0 Å². The van der Waals surface area contributed by atoms with Gasteiger partial charge in [0.2, 0.25) is 0 Å². The van der Waals surface area contributed by atoms with Gasteiger partial charge in [-0.05, 0) is 67.5 Å². The molecule has 2 fully saturated rings. The van der Waals surface area contributed by atoms with E-state index in [2.05, 4.69) is 25.7 Å². The van der Waals surface area contributed by atoms with Gasteiger partial charge in [0.1, 0.15) is 16.9 Å². The maximum absolute atomic E-state index is 13.8. The Labute approximate surface area is 194 Å². The van der Waals surface area contributed by atoms with Crippen molar-refractivity contribution in [3.8, 4) is 0 Å². The van der Waals surface area contributed by atoms with Crippen LogP contribution >= 0.6 is 0 Å². The van der Waals surface area contributed by atoms with E-state index < -0.39 is 0 Å². The minimum absolute atomic E-state index is 0.000293. The molecule has 2 N–H and O–H groups in total. The van der Waals surface area contributed by atoms with Crippen molar-refractivity contribution in [1.82, 2.24) is 30.6 Å². The number of hydrogen-bond acceptors (Lipinski definition) is 5. The van der Waals surface area contributed by atoms with Crippen LogP contribution in [0.3, 0.4) is 0 Å². The van der Waals surface area contributed by atoms with Gasteiger partial charge in [-0.3, -0.25) is 14.6 Å². The highest BCUT2D eigenvalue weighted by atomic mass is 19.1. The fraction of sp³-hybridized carbons (Fsp3) is 0.320. The summed E-state index contributed by atoms with van der Waals surface area (Å²) in [5.41, 5.74) is 2.41. The van der Waals surface area contributed by atoms with Crippen LogP contribution in [0.1, 0.15) is 46.4 Å². The number of piperidine rings is 1. The molecule has 1 aliphatic heterocycles. The predicted octanol–water partition coefficient (Wildman–Crippen LogP) is 3.46. The number of H-pyrrole nitrogens is 1. The van der Waals surface area contributed by atoms with Gasteiger partial charge >= 0.3 is 0 Å². The standard InChI is InChI=1S/C25H23FN6O2/c26-17-4-2-16-12-27-13-20(19(16)9-17)23(33)28-18-10-25(11-18)6-1-7-32(14-25)24(34)15-3-5-21-22(8-15)30-31-29-21/h2-5,8-9,12-13,18H,1,6-7,10-11,14H2,(H,28,33)(H,29,30,31). The fourth-order valence-electron chi connectivity index (χ4n) is 5.54. The number of amides is 2. The fourth-order valence-corrected chi connectivity index (χ4v) is 5.54. The molecule has 172 valence electrons. The Morgan fingerprint density at radius 1 is 1.09 bits per heavy atom. The number of carbonyl (C=O) groups is 2. The lowest BCUT2D eigenvalue weighted by atomic mass is 9.61. The third-order valence-electron chi connectivity index (χ3n) is 7.17. The summed E-state index contributed by atoms with van der Waals surface area (Å²) in [4.78, 5) is 32.1. The lowest BCUT2D eigenvalue weighted by Crippen LogP contribution is -2.58. The summed E-state index contributed by atoms with van der Waals surface area (Å²) >= 11 is 0. The van der Waals surface area contributed by atoms with Gasteiger partial charge in [-0.15, -0.1) is 0 Å². The van der Waals surface area contributed by atoms with Gasteiger partial charge in [0, 0.05) is 47.9 Å². The first-order chi connectivity index (χ1) is 16.5. The van der Waals surface area contributed by atoms with Crippen molar-refractivity contribution in [1.29, 1.82) is 0 Å². The number of hydrogen-bond donors (Lipinski definition) is 2. The van der Waals surface area contributed by atoms with Gasteiger partial charge in [0.15, 0.2) is 0 Å². The van der Waals surface area contributed by atoms with E-state index in [-0.39, 0.29) is 29.1 Å². The van der Waals surface area contributed by atoms with Crippen molar-refractivity contribution in [2.45, 2.75) is 31.7 Å². The first-order valence-corrected chi connectivity index (χ1v) is 11.4. The van der Waals surface area contributed by atoms with E-state index >= 15 is 0 Å². The zero-order chi connectivity index (χ0) is 23.3. The molecule has 4 aromatic rings. The summed E-state index contributed by atoms with van der Waals surface area (Å²) in [5, 5.41) is 15.1. The van der Waals surface area contributed by atoms with E-state index in [1.807, 2.05) is 4.90 Å². The largest absolute Gasteiger partial charge is 0.349 e. The van der Waals surface area contributed by atoms with Crippen LogP contribution in [0, 0.1) is 11.2 Å². The number of rotatable bonds is 3. The van der Waals surface area contributed by atoms with Gasteiger partial charge in [-0.1, -0.05) is 0 Å². The molecule has 2 aromatic heterocycles. The number of pyridine rings is 1. The van der Waals surface area contributed by atoms with Crippen LogP contribution in [0.25, 0.3) is 21.8 Å². The number of likely N-dealkylation sites (tertiary alicyclic amines) is 1. The second kappa shape index (κ2) is 7.86. The Morgan fingerprint density at radius 2 is 1.94 bits per heavy atom. The highest BCUT2D eigenvalue weighted by Gasteiger charge is 2.48. The van der Waals surface area contributed by atoms with Gasteiger partial charge in [0.05, 0.1) is 5.56 Å². The molecule has 0 bridgehead atoms. The number of aromatic nitrogens is 4. The molecule has 8 nitrogen and oxygen atoms in total. The van der Waals surface area contributed by atoms with Crippen molar-refractivity contribution in [3.05, 3.63) is 65.7 Å². The SMILES string of the molecule is O=C(NC1CC2(CCCN(C(=O)c3ccc4n[nH]nc4c3)C2)C1)c1cncc2ccc(F)cc12. The molecule has 2 aliphatic rings. The van der Waals surface area contributed by atoms with Crippen LogP contribution in [-0.2, 0) is 0 Å². The number of carbonyl (C=O) groups excluding carboxylic acids is 2. The topological polar surface area (TPSA) is 104 Å². The molecule has 2 amide bonds. The second-order valence-corrected chi connectivity index (χ2v) is 9.49. The zero-order valence-corrected chi connectivity index (χ0v) is 18.4. The molecular formula is C25H23FN6O2. The Morgan fingerprint density at radius 3 is 2.82 bits per heavy atom. The summed E-state index contributed by atoms with van der Waals surface area (Å²) in [6, 6.07) is 9.75. The zero-order valence-electron chi connectivity index (χ0n) is 18.4. The molecule has 3 heterocycles. The maximum atomic E-state index is 13.8. The van der Waals surface area contributed by atoms with Crippen molar-refractivity contribution in [2.75, 3.05) is 13.1 Å². The number of nitrogens with zero attached hydrogens (tertiary/aromatic N) is 4. The summed E-state index contributed by atoms with van der Waals surface area (Å²) in [5.74, 6) is -0.626. The lowest BCUT2D eigenvalue weighted by Gasteiger charge is -2.53. The quantitative estimate of drug-likeness (QED) is 0.489. The number of aromatic amines is 1. The molecule has 0 unspecified atom stereocenters. The molecular weight excluding hydrogens is 435 g/mol. The van der Waals surface area contributed by atoms with Gasteiger partial charge < -0.3 is 10.2 Å². The summed E-state index contributed by atoms with van der Waals surface area (Å²) in [6.45, 7) is 1.40. The lowest BCUT2D eigenvalue weighted by molar-refractivity contribution is -0.000558. The predicted molar refractivity (Wildman–Crippen MR) is 124 cm³/mol. The average Bonchev–Trinajstić information content (AvgIpc) is 3.30. The van der Waals surface area contributed by atoms with E-state index in [0.29, 0.717) is 28.6 Å². The van der Waals surface area contributed by atoms with Gasteiger partial charge in [-0.25, -0.2) is 4.39 Å². The summed E-state index contributed by atoms with van der Waals surface area (Å²) in [6.07, 6.45) is 6.71. The van der Waals surface area contributed by atoms with E-state index in [1.165, 1.54) is 18.3 Å². The molecule has 1 saturated heterocycles. The van der Waals surface area contributed by atoms with Crippen LogP contribution in [0.15, 0.2) is 48.8 Å². The Balaban J connectivity index is 1.12. The van der Waals surface area contributed by atoms with Crippen molar-refractivity contribution >= 4 is 33.6 Å². The van der Waals surface area contributed by atoms with Gasteiger partial charge in [0.25, 0.3) is 11.8 Å².